The van der Waals surface area contributed by atoms with Crippen LogP contribution in [0, 0.1) is 22.7 Å². The molecule has 0 aromatic carbocycles. The molecular weight excluding hydrogens is 474 g/mol. The average Bonchev–Trinajstić information content (AvgIpc) is 3.11. The number of aliphatic hydroxyl groups is 2. The first kappa shape index (κ1) is 26.4. The van der Waals surface area contributed by atoms with Gasteiger partial charge >= 0.3 is 5.63 Å². The Hall–Kier alpha value is -2.23. The van der Waals surface area contributed by atoms with E-state index in [0.717, 1.165) is 37.7 Å². The Morgan fingerprint density at radius 1 is 1.05 bits per heavy atom. The molecule has 0 spiro atoms. The van der Waals surface area contributed by atoms with Crippen LogP contribution in [0.25, 0.3) is 0 Å². The molecule has 4 aliphatic carbocycles. The molecular formula is C28H41N3O6. The first-order valence-corrected chi connectivity index (χ1v) is 13.7. The Bertz CT molecular complexity index is 1120. The summed E-state index contributed by atoms with van der Waals surface area (Å²) < 4.78 is 5.17. The van der Waals surface area contributed by atoms with Gasteiger partial charge in [-0.05, 0) is 92.6 Å². The summed E-state index contributed by atoms with van der Waals surface area (Å²) >= 11 is 0. The lowest BCUT2D eigenvalue weighted by Crippen LogP contribution is -2.68. The minimum Gasteiger partial charge on any atom is -0.431 e. The van der Waals surface area contributed by atoms with Gasteiger partial charge in [0, 0.05) is 17.5 Å². The van der Waals surface area contributed by atoms with Gasteiger partial charge in [0.05, 0.1) is 29.9 Å². The summed E-state index contributed by atoms with van der Waals surface area (Å²) in [4.78, 5) is 35.2. The van der Waals surface area contributed by atoms with E-state index in [1.807, 2.05) is 6.07 Å². The number of nitrogens with one attached hydrogen (secondary N) is 1. The predicted octanol–water partition coefficient (Wildman–Crippen LogP) is 1.68. The molecule has 1 unspecified atom stereocenters. The quantitative estimate of drug-likeness (QED) is 0.397. The molecule has 0 aliphatic heterocycles. The van der Waals surface area contributed by atoms with Gasteiger partial charge in [-0.15, -0.1) is 0 Å². The fraction of sp³-hybridized carbons (Fsp3) is 0.750. The topological polar surface area (TPSA) is 169 Å². The van der Waals surface area contributed by atoms with Crippen molar-refractivity contribution in [3.05, 3.63) is 34.4 Å². The van der Waals surface area contributed by atoms with Crippen LogP contribution in [-0.4, -0.2) is 45.3 Å². The standard InChI is InChI=1S/C28H41N3O6/c1-25-9-5-17(31-24(34)21(29)13-22(30)32)14-27(25,35)11-7-20-19(25)6-10-26(2)18(8-12-28(20,26)36)16-3-4-23(33)37-15-16/h3-4,15,17-21,35-36H,5-14,29H2,1-2H3,(H2,30,32)(H,31,34)/t17-,18+,19-,20+,21?,25+,26+,27-,28-/m0/s1. The van der Waals surface area contributed by atoms with Crippen LogP contribution < -0.4 is 22.4 Å². The minimum absolute atomic E-state index is 0.0763. The summed E-state index contributed by atoms with van der Waals surface area (Å²) in [6.45, 7) is 4.36. The van der Waals surface area contributed by atoms with Crippen LogP contribution in [0.2, 0.25) is 0 Å². The van der Waals surface area contributed by atoms with E-state index in [0.29, 0.717) is 25.7 Å². The number of primary amides is 1. The molecule has 204 valence electrons. The largest absolute Gasteiger partial charge is 0.431 e. The molecule has 0 radical (unpaired) electrons. The molecule has 1 aromatic rings. The summed E-state index contributed by atoms with van der Waals surface area (Å²) in [7, 11) is 0. The second-order valence-electron chi connectivity index (χ2n) is 12.8. The summed E-state index contributed by atoms with van der Waals surface area (Å²) in [5, 5.41) is 27.3. The summed E-state index contributed by atoms with van der Waals surface area (Å²) in [5.41, 5.74) is 9.10. The zero-order valence-corrected chi connectivity index (χ0v) is 21.9. The molecule has 9 heteroatoms. The maximum Gasteiger partial charge on any atom is 0.335 e. The molecule has 1 heterocycles. The van der Waals surface area contributed by atoms with Gasteiger partial charge in [0.25, 0.3) is 0 Å². The van der Waals surface area contributed by atoms with Gasteiger partial charge < -0.3 is 31.4 Å². The Labute approximate surface area is 217 Å². The minimum atomic E-state index is -0.991. The lowest BCUT2D eigenvalue weighted by molar-refractivity contribution is -0.247. The maximum absolute atomic E-state index is 12.5. The summed E-state index contributed by atoms with van der Waals surface area (Å²) in [6.07, 6.45) is 7.79. The van der Waals surface area contributed by atoms with Crippen molar-refractivity contribution in [2.24, 2.45) is 34.1 Å². The number of amides is 2. The fourth-order valence-corrected chi connectivity index (χ4v) is 9.07. The maximum atomic E-state index is 12.5. The van der Waals surface area contributed by atoms with E-state index in [2.05, 4.69) is 19.2 Å². The zero-order chi connectivity index (χ0) is 26.8. The first-order valence-electron chi connectivity index (χ1n) is 13.7. The molecule has 9 atom stereocenters. The van der Waals surface area contributed by atoms with E-state index in [9.17, 15) is 24.6 Å². The van der Waals surface area contributed by atoms with Crippen LogP contribution in [0.1, 0.15) is 89.5 Å². The Morgan fingerprint density at radius 2 is 1.76 bits per heavy atom. The number of hydrogen-bond donors (Lipinski definition) is 5. The summed E-state index contributed by atoms with van der Waals surface area (Å²) in [5.74, 6) is -0.671. The SMILES string of the molecule is C[C@]12CC[C@H](NC(=O)C(N)CC(N)=O)C[C@@]1(O)CC[C@@H]1[C@@H]2CC[C@]2(C)[C@@H](c3ccc(=O)oc3)CC[C@]12O. The number of carbonyl (C=O) groups is 2. The van der Waals surface area contributed by atoms with Crippen LogP contribution in [0.4, 0.5) is 0 Å². The van der Waals surface area contributed by atoms with E-state index in [-0.39, 0.29) is 46.7 Å². The fourth-order valence-electron chi connectivity index (χ4n) is 9.07. The molecule has 7 N–H and O–H groups in total. The molecule has 4 fully saturated rings. The summed E-state index contributed by atoms with van der Waals surface area (Å²) in [6, 6.07) is 2.09. The van der Waals surface area contributed by atoms with Crippen LogP contribution in [-0.2, 0) is 9.59 Å². The highest BCUT2D eigenvalue weighted by Gasteiger charge is 2.69. The van der Waals surface area contributed by atoms with Crippen LogP contribution in [0.3, 0.4) is 0 Å². The number of hydrogen-bond acceptors (Lipinski definition) is 7. The molecule has 0 bridgehead atoms. The molecule has 9 nitrogen and oxygen atoms in total. The first-order chi connectivity index (χ1) is 17.3. The third kappa shape index (κ3) is 3.96. The lowest BCUT2D eigenvalue weighted by atomic mass is 9.42. The number of fused-ring (bicyclic) bond motifs is 5. The number of rotatable bonds is 5. The molecule has 0 saturated heterocycles. The number of nitrogens with two attached hydrogens (primary N) is 2. The molecule has 4 aliphatic rings. The van der Waals surface area contributed by atoms with Crippen molar-refractivity contribution in [3.63, 3.8) is 0 Å². The third-order valence-corrected chi connectivity index (χ3v) is 11.2. The molecule has 4 saturated carbocycles. The Kier molecular flexibility index (Phi) is 6.36. The van der Waals surface area contributed by atoms with Gasteiger partial charge in [-0.2, -0.15) is 0 Å². The monoisotopic (exact) mass is 515 g/mol. The number of carbonyl (C=O) groups excluding carboxylic acids is 2. The van der Waals surface area contributed by atoms with Crippen molar-refractivity contribution in [1.29, 1.82) is 0 Å². The zero-order valence-electron chi connectivity index (χ0n) is 21.9. The van der Waals surface area contributed by atoms with Crippen molar-refractivity contribution in [3.8, 4) is 0 Å². The van der Waals surface area contributed by atoms with E-state index in [1.54, 1.807) is 6.26 Å². The van der Waals surface area contributed by atoms with Gasteiger partial charge in [0.1, 0.15) is 0 Å². The van der Waals surface area contributed by atoms with Crippen molar-refractivity contribution < 1.29 is 24.2 Å². The second kappa shape index (κ2) is 8.92. The third-order valence-electron chi connectivity index (χ3n) is 11.2. The lowest BCUT2D eigenvalue weighted by Gasteiger charge is -2.66. The van der Waals surface area contributed by atoms with E-state index >= 15 is 0 Å². The van der Waals surface area contributed by atoms with Gasteiger partial charge in [0.15, 0.2) is 0 Å². The van der Waals surface area contributed by atoms with Gasteiger partial charge in [-0.25, -0.2) is 4.79 Å². The highest BCUT2D eigenvalue weighted by atomic mass is 16.4. The normalized spacial score (nSPS) is 43.7. The Morgan fingerprint density at radius 3 is 2.43 bits per heavy atom. The predicted molar refractivity (Wildman–Crippen MR) is 136 cm³/mol. The smallest absolute Gasteiger partial charge is 0.335 e. The average molecular weight is 516 g/mol. The van der Waals surface area contributed by atoms with E-state index in [4.69, 9.17) is 15.9 Å². The molecule has 5 rings (SSSR count). The van der Waals surface area contributed by atoms with Crippen LogP contribution in [0.15, 0.2) is 27.6 Å². The van der Waals surface area contributed by atoms with Crippen molar-refractivity contribution in [1.82, 2.24) is 5.32 Å². The highest BCUT2D eigenvalue weighted by Crippen LogP contribution is 2.71. The molecule has 1 aromatic heterocycles. The van der Waals surface area contributed by atoms with Gasteiger partial charge in [0.2, 0.25) is 11.8 Å². The highest BCUT2D eigenvalue weighted by molar-refractivity contribution is 5.87. The van der Waals surface area contributed by atoms with Crippen LogP contribution in [0.5, 0.6) is 0 Å². The molecule has 2 amide bonds. The van der Waals surface area contributed by atoms with Gasteiger partial charge in [-0.3, -0.25) is 9.59 Å². The van der Waals surface area contributed by atoms with E-state index in [1.165, 1.54) is 6.07 Å². The van der Waals surface area contributed by atoms with Crippen molar-refractivity contribution in [2.75, 3.05) is 0 Å². The van der Waals surface area contributed by atoms with Crippen LogP contribution >= 0.6 is 0 Å². The molecule has 37 heavy (non-hydrogen) atoms. The second-order valence-corrected chi connectivity index (χ2v) is 12.8. The van der Waals surface area contributed by atoms with Gasteiger partial charge in [-0.1, -0.05) is 13.8 Å². The Balaban J connectivity index is 1.35. The van der Waals surface area contributed by atoms with E-state index < -0.39 is 29.1 Å². The van der Waals surface area contributed by atoms with Crippen molar-refractivity contribution >= 4 is 11.8 Å². The van der Waals surface area contributed by atoms with Crippen molar-refractivity contribution in [2.45, 2.75) is 107 Å².